The molecule has 0 aliphatic carbocycles. The molecule has 0 amide bonds. The zero-order chi connectivity index (χ0) is 13.2. The van der Waals surface area contributed by atoms with Crippen LogP contribution in [0.2, 0.25) is 0 Å². The first-order valence-corrected chi connectivity index (χ1v) is 6.03. The third-order valence-corrected chi connectivity index (χ3v) is 3.20. The molecule has 1 aliphatic rings. The van der Waals surface area contributed by atoms with Crippen LogP contribution in [0.1, 0.15) is 36.5 Å². The Hall–Kier alpha value is -1.07. The van der Waals surface area contributed by atoms with E-state index in [2.05, 4.69) is 0 Å². The predicted molar refractivity (Wildman–Crippen MR) is 62.0 cm³/mol. The van der Waals surface area contributed by atoms with Gasteiger partial charge in [0.05, 0.1) is 17.8 Å². The highest BCUT2D eigenvalue weighted by atomic mass is 19.4. The van der Waals surface area contributed by atoms with Crippen molar-refractivity contribution < 1.29 is 17.9 Å². The fourth-order valence-corrected chi connectivity index (χ4v) is 2.23. The summed E-state index contributed by atoms with van der Waals surface area (Å²) in [7, 11) is 0. The van der Waals surface area contributed by atoms with Crippen molar-refractivity contribution >= 4 is 0 Å². The minimum Gasteiger partial charge on any atom is -0.369 e. The Labute approximate surface area is 104 Å². The highest BCUT2D eigenvalue weighted by Crippen LogP contribution is 2.35. The third kappa shape index (κ3) is 3.03. The van der Waals surface area contributed by atoms with E-state index >= 15 is 0 Å². The Morgan fingerprint density at radius 2 is 2.06 bits per heavy atom. The van der Waals surface area contributed by atoms with Gasteiger partial charge in [-0.25, -0.2) is 0 Å². The van der Waals surface area contributed by atoms with Crippen LogP contribution in [0.5, 0.6) is 0 Å². The van der Waals surface area contributed by atoms with E-state index < -0.39 is 11.7 Å². The summed E-state index contributed by atoms with van der Waals surface area (Å²) in [6.07, 6.45) is -2.06. The van der Waals surface area contributed by atoms with E-state index in [0.29, 0.717) is 12.1 Å². The first kappa shape index (κ1) is 13.4. The Bertz CT molecular complexity index is 405. The lowest BCUT2D eigenvalue weighted by Gasteiger charge is -2.29. The molecule has 0 spiro atoms. The number of alkyl halides is 3. The van der Waals surface area contributed by atoms with Crippen LogP contribution in [-0.2, 0) is 10.9 Å². The Balaban J connectivity index is 2.18. The highest BCUT2D eigenvalue weighted by Gasteiger charge is 2.31. The van der Waals surface area contributed by atoms with Gasteiger partial charge in [0.25, 0.3) is 0 Å². The molecular weight excluding hydrogens is 243 g/mol. The van der Waals surface area contributed by atoms with Crippen molar-refractivity contribution in [2.75, 3.05) is 6.54 Å². The van der Waals surface area contributed by atoms with E-state index in [1.54, 1.807) is 6.07 Å². The summed E-state index contributed by atoms with van der Waals surface area (Å²) in [4.78, 5) is 0. The maximum absolute atomic E-state index is 12.6. The minimum absolute atomic E-state index is 0.0432. The van der Waals surface area contributed by atoms with E-state index in [4.69, 9.17) is 10.5 Å². The van der Waals surface area contributed by atoms with Crippen LogP contribution in [0.15, 0.2) is 24.3 Å². The van der Waals surface area contributed by atoms with Gasteiger partial charge in [-0.05, 0) is 37.0 Å². The van der Waals surface area contributed by atoms with Crippen molar-refractivity contribution in [3.63, 3.8) is 0 Å². The molecule has 0 aromatic heterocycles. The molecule has 18 heavy (non-hydrogen) atoms. The monoisotopic (exact) mass is 259 g/mol. The van der Waals surface area contributed by atoms with Gasteiger partial charge in [0, 0.05) is 6.54 Å². The number of rotatable bonds is 2. The molecule has 1 fully saturated rings. The van der Waals surface area contributed by atoms with Crippen LogP contribution in [0.3, 0.4) is 0 Å². The zero-order valence-electron chi connectivity index (χ0n) is 9.91. The Morgan fingerprint density at radius 1 is 1.28 bits per heavy atom. The molecule has 0 unspecified atom stereocenters. The number of hydrogen-bond donors (Lipinski definition) is 1. The number of benzene rings is 1. The van der Waals surface area contributed by atoms with Crippen LogP contribution >= 0.6 is 0 Å². The van der Waals surface area contributed by atoms with Gasteiger partial charge in [0.15, 0.2) is 0 Å². The summed E-state index contributed by atoms with van der Waals surface area (Å²) in [6.45, 7) is 0.412. The average molecular weight is 259 g/mol. The van der Waals surface area contributed by atoms with Gasteiger partial charge in [-0.3, -0.25) is 0 Å². The van der Waals surface area contributed by atoms with E-state index in [1.807, 2.05) is 0 Å². The molecular formula is C13H16F3NO. The first-order valence-electron chi connectivity index (χ1n) is 6.03. The summed E-state index contributed by atoms with van der Waals surface area (Å²) >= 11 is 0. The fraction of sp³-hybridized carbons (Fsp3) is 0.538. The summed E-state index contributed by atoms with van der Waals surface area (Å²) in [5.41, 5.74) is 5.50. The molecule has 0 saturated carbocycles. The third-order valence-electron chi connectivity index (χ3n) is 3.20. The van der Waals surface area contributed by atoms with Crippen molar-refractivity contribution in [2.45, 2.75) is 37.6 Å². The van der Waals surface area contributed by atoms with E-state index in [9.17, 15) is 13.2 Å². The fourth-order valence-electron chi connectivity index (χ4n) is 2.23. The van der Waals surface area contributed by atoms with Crippen molar-refractivity contribution in [3.05, 3.63) is 35.4 Å². The number of halogens is 3. The van der Waals surface area contributed by atoms with Crippen LogP contribution in [0.25, 0.3) is 0 Å². The van der Waals surface area contributed by atoms with Crippen molar-refractivity contribution in [1.29, 1.82) is 0 Å². The number of nitrogens with two attached hydrogens (primary N) is 1. The molecule has 2 nitrogen and oxygen atoms in total. The molecule has 0 radical (unpaired) electrons. The quantitative estimate of drug-likeness (QED) is 0.884. The van der Waals surface area contributed by atoms with E-state index in [0.717, 1.165) is 25.3 Å². The average Bonchev–Trinajstić information content (AvgIpc) is 2.38. The van der Waals surface area contributed by atoms with E-state index in [-0.39, 0.29) is 12.2 Å². The van der Waals surface area contributed by atoms with Crippen LogP contribution in [0, 0.1) is 0 Å². The molecule has 1 aromatic carbocycles. The van der Waals surface area contributed by atoms with Crippen molar-refractivity contribution in [2.24, 2.45) is 5.73 Å². The van der Waals surface area contributed by atoms with Crippen LogP contribution in [0.4, 0.5) is 13.2 Å². The van der Waals surface area contributed by atoms with Gasteiger partial charge in [-0.2, -0.15) is 13.2 Å². The van der Waals surface area contributed by atoms with Gasteiger partial charge in [0.1, 0.15) is 0 Å². The van der Waals surface area contributed by atoms with Gasteiger partial charge in [-0.1, -0.05) is 12.1 Å². The summed E-state index contributed by atoms with van der Waals surface area (Å²) in [6, 6.07) is 5.35. The molecule has 100 valence electrons. The lowest BCUT2D eigenvalue weighted by atomic mass is 9.97. The molecule has 2 atom stereocenters. The normalized spacial score (nSPS) is 25.1. The number of hydrogen-bond acceptors (Lipinski definition) is 2. The molecule has 1 saturated heterocycles. The molecule has 5 heteroatoms. The molecule has 1 heterocycles. The lowest BCUT2D eigenvalue weighted by molar-refractivity contribution is -0.137. The standard InChI is InChI=1S/C13H16F3NO/c14-13(15,16)10-4-1-3-9(7-10)12-6-2-5-11(8-17)18-12/h1,3-4,7,11-12H,2,5-6,8,17H2/t11-,12+/m0/s1. The SMILES string of the molecule is NC[C@@H]1CCC[C@H](c2cccc(C(F)(F)F)c2)O1. The largest absolute Gasteiger partial charge is 0.416 e. The Morgan fingerprint density at radius 3 is 2.72 bits per heavy atom. The predicted octanol–water partition coefficient (Wildman–Crippen LogP) is 3.27. The lowest BCUT2D eigenvalue weighted by Crippen LogP contribution is -2.29. The Kier molecular flexibility index (Phi) is 3.92. The smallest absolute Gasteiger partial charge is 0.369 e. The van der Waals surface area contributed by atoms with Crippen LogP contribution < -0.4 is 5.73 Å². The molecule has 2 N–H and O–H groups in total. The molecule has 0 bridgehead atoms. The van der Waals surface area contributed by atoms with E-state index in [1.165, 1.54) is 12.1 Å². The molecule has 1 aliphatic heterocycles. The zero-order valence-corrected chi connectivity index (χ0v) is 9.91. The second-order valence-electron chi connectivity index (χ2n) is 4.54. The van der Waals surface area contributed by atoms with Gasteiger partial charge >= 0.3 is 6.18 Å². The highest BCUT2D eigenvalue weighted by molar-refractivity contribution is 5.27. The minimum atomic E-state index is -4.31. The van der Waals surface area contributed by atoms with Crippen molar-refractivity contribution in [1.82, 2.24) is 0 Å². The maximum atomic E-state index is 12.6. The molecule has 2 rings (SSSR count). The second kappa shape index (κ2) is 5.28. The first-order chi connectivity index (χ1) is 8.50. The molecule has 1 aromatic rings. The van der Waals surface area contributed by atoms with Gasteiger partial charge in [0.2, 0.25) is 0 Å². The van der Waals surface area contributed by atoms with Crippen LogP contribution in [-0.4, -0.2) is 12.6 Å². The summed E-state index contributed by atoms with van der Waals surface area (Å²) < 4.78 is 43.5. The summed E-state index contributed by atoms with van der Waals surface area (Å²) in [5.74, 6) is 0. The maximum Gasteiger partial charge on any atom is 0.416 e. The topological polar surface area (TPSA) is 35.2 Å². The van der Waals surface area contributed by atoms with Crippen molar-refractivity contribution in [3.8, 4) is 0 Å². The van der Waals surface area contributed by atoms with Gasteiger partial charge in [-0.15, -0.1) is 0 Å². The van der Waals surface area contributed by atoms with Gasteiger partial charge < -0.3 is 10.5 Å². The summed E-state index contributed by atoms with van der Waals surface area (Å²) in [5, 5.41) is 0. The second-order valence-corrected chi connectivity index (χ2v) is 4.54. The number of ether oxygens (including phenoxy) is 1.